The van der Waals surface area contributed by atoms with Crippen molar-refractivity contribution in [3.63, 3.8) is 0 Å². The van der Waals surface area contributed by atoms with E-state index in [2.05, 4.69) is 15.6 Å². The van der Waals surface area contributed by atoms with Crippen molar-refractivity contribution in [1.82, 2.24) is 19.9 Å². The van der Waals surface area contributed by atoms with Crippen molar-refractivity contribution >= 4 is 17.5 Å². The highest BCUT2D eigenvalue weighted by molar-refractivity contribution is 6.05. The quantitative estimate of drug-likeness (QED) is 0.763. The van der Waals surface area contributed by atoms with Crippen LogP contribution in [0.25, 0.3) is 5.69 Å². The molecule has 2 amide bonds. The molecule has 1 aliphatic rings. The molecule has 2 heterocycles. The van der Waals surface area contributed by atoms with Crippen LogP contribution in [0.3, 0.4) is 0 Å². The van der Waals surface area contributed by atoms with Gasteiger partial charge in [-0.15, -0.1) is 5.10 Å². The number of amides is 2. The molecule has 28 heavy (non-hydrogen) atoms. The van der Waals surface area contributed by atoms with E-state index in [0.717, 1.165) is 23.2 Å². The van der Waals surface area contributed by atoms with Crippen molar-refractivity contribution < 1.29 is 9.59 Å². The standard InChI is InChI=1S/C21H21N5O2/c1-13-4-8-17(9-5-13)26-14(2)19(23-24-26)20(27)22-16-7-6-15-10-11-25(3)21(28)18(15)12-16/h4-9,12H,10-11H2,1-3H3,(H,22,27). The third-order valence-corrected chi connectivity index (χ3v) is 5.05. The zero-order valence-electron chi connectivity index (χ0n) is 16.1. The SMILES string of the molecule is Cc1ccc(-n2nnc(C(=O)Nc3ccc4c(c3)C(=O)N(C)CC4)c2C)cc1. The van der Waals surface area contributed by atoms with Crippen LogP contribution in [0.2, 0.25) is 0 Å². The Labute approximate surface area is 163 Å². The van der Waals surface area contributed by atoms with Gasteiger partial charge in [-0.25, -0.2) is 4.68 Å². The van der Waals surface area contributed by atoms with E-state index in [1.807, 2.05) is 43.3 Å². The largest absolute Gasteiger partial charge is 0.341 e. The van der Waals surface area contributed by atoms with E-state index >= 15 is 0 Å². The van der Waals surface area contributed by atoms with Crippen molar-refractivity contribution in [3.05, 3.63) is 70.5 Å². The van der Waals surface area contributed by atoms with E-state index in [0.29, 0.717) is 23.5 Å². The Kier molecular flexibility index (Phi) is 4.43. The van der Waals surface area contributed by atoms with Gasteiger partial charge in [-0.2, -0.15) is 0 Å². The first kappa shape index (κ1) is 17.9. The molecule has 7 heteroatoms. The minimum absolute atomic E-state index is 0.0288. The van der Waals surface area contributed by atoms with Gasteiger partial charge in [-0.3, -0.25) is 9.59 Å². The number of carbonyl (C=O) groups excluding carboxylic acids is 2. The summed E-state index contributed by atoms with van der Waals surface area (Å²) in [6.07, 6.45) is 0.815. The van der Waals surface area contributed by atoms with Crippen LogP contribution in [-0.2, 0) is 6.42 Å². The van der Waals surface area contributed by atoms with E-state index in [4.69, 9.17) is 0 Å². The van der Waals surface area contributed by atoms with Crippen LogP contribution < -0.4 is 5.32 Å². The Morgan fingerprint density at radius 1 is 1.11 bits per heavy atom. The summed E-state index contributed by atoms with van der Waals surface area (Å²) in [7, 11) is 1.78. The molecule has 1 N–H and O–H groups in total. The molecular formula is C21H21N5O2. The highest BCUT2D eigenvalue weighted by Gasteiger charge is 2.23. The minimum Gasteiger partial charge on any atom is -0.341 e. The molecule has 0 bridgehead atoms. The molecule has 0 aliphatic carbocycles. The van der Waals surface area contributed by atoms with Crippen LogP contribution >= 0.6 is 0 Å². The summed E-state index contributed by atoms with van der Waals surface area (Å²) in [5.74, 6) is -0.383. The van der Waals surface area contributed by atoms with Gasteiger partial charge in [0.05, 0.1) is 11.4 Å². The van der Waals surface area contributed by atoms with Crippen molar-refractivity contribution in [2.75, 3.05) is 18.9 Å². The smallest absolute Gasteiger partial charge is 0.278 e. The summed E-state index contributed by atoms with van der Waals surface area (Å²) >= 11 is 0. The second kappa shape index (κ2) is 6.92. The van der Waals surface area contributed by atoms with Gasteiger partial charge in [0.2, 0.25) is 0 Å². The molecule has 0 atom stereocenters. The van der Waals surface area contributed by atoms with E-state index < -0.39 is 0 Å². The molecule has 0 fully saturated rings. The molecule has 0 saturated heterocycles. The fourth-order valence-corrected chi connectivity index (χ4v) is 3.33. The summed E-state index contributed by atoms with van der Waals surface area (Å²) in [6, 6.07) is 13.3. The van der Waals surface area contributed by atoms with Crippen LogP contribution in [0.15, 0.2) is 42.5 Å². The first-order valence-corrected chi connectivity index (χ1v) is 9.13. The number of hydrogen-bond acceptors (Lipinski definition) is 4. The van der Waals surface area contributed by atoms with Crippen molar-refractivity contribution in [2.45, 2.75) is 20.3 Å². The lowest BCUT2D eigenvalue weighted by Gasteiger charge is -2.25. The number of hydrogen-bond donors (Lipinski definition) is 1. The zero-order chi connectivity index (χ0) is 19.8. The number of nitrogens with one attached hydrogen (secondary N) is 1. The number of fused-ring (bicyclic) bond motifs is 1. The van der Waals surface area contributed by atoms with Crippen molar-refractivity contribution in [2.24, 2.45) is 0 Å². The Balaban J connectivity index is 1.58. The molecule has 0 spiro atoms. The maximum atomic E-state index is 12.7. The first-order chi connectivity index (χ1) is 13.4. The molecule has 3 aromatic rings. The van der Waals surface area contributed by atoms with E-state index in [9.17, 15) is 9.59 Å². The van der Waals surface area contributed by atoms with E-state index in [1.165, 1.54) is 0 Å². The molecule has 7 nitrogen and oxygen atoms in total. The molecule has 0 radical (unpaired) electrons. The van der Waals surface area contributed by atoms with Gasteiger partial charge in [-0.05, 0) is 50.1 Å². The third-order valence-electron chi connectivity index (χ3n) is 5.05. The maximum Gasteiger partial charge on any atom is 0.278 e. The number of benzene rings is 2. The predicted octanol–water partition coefficient (Wildman–Crippen LogP) is 2.76. The Hall–Kier alpha value is -3.48. The molecule has 0 unspecified atom stereocenters. The lowest BCUT2D eigenvalue weighted by Crippen LogP contribution is -2.34. The van der Waals surface area contributed by atoms with E-state index in [-0.39, 0.29) is 17.5 Å². The Morgan fingerprint density at radius 3 is 2.61 bits per heavy atom. The van der Waals surface area contributed by atoms with Gasteiger partial charge in [-0.1, -0.05) is 29.0 Å². The second-order valence-electron chi connectivity index (χ2n) is 7.07. The van der Waals surface area contributed by atoms with Gasteiger partial charge in [0.15, 0.2) is 5.69 Å². The normalized spacial score (nSPS) is 13.4. The third kappa shape index (κ3) is 3.15. The average Bonchev–Trinajstić information content (AvgIpc) is 3.07. The van der Waals surface area contributed by atoms with Crippen LogP contribution in [0, 0.1) is 13.8 Å². The number of carbonyl (C=O) groups is 2. The first-order valence-electron chi connectivity index (χ1n) is 9.13. The van der Waals surface area contributed by atoms with Gasteiger partial charge in [0.25, 0.3) is 11.8 Å². The number of aromatic nitrogens is 3. The summed E-state index contributed by atoms with van der Waals surface area (Å²) in [5.41, 5.74) is 5.09. The summed E-state index contributed by atoms with van der Waals surface area (Å²) in [6.45, 7) is 4.52. The lowest BCUT2D eigenvalue weighted by atomic mass is 9.98. The monoisotopic (exact) mass is 375 g/mol. The second-order valence-corrected chi connectivity index (χ2v) is 7.07. The average molecular weight is 375 g/mol. The van der Waals surface area contributed by atoms with Gasteiger partial charge >= 0.3 is 0 Å². The summed E-state index contributed by atoms with van der Waals surface area (Å²) < 4.78 is 1.64. The lowest BCUT2D eigenvalue weighted by molar-refractivity contribution is 0.0780. The number of nitrogens with zero attached hydrogens (tertiary/aromatic N) is 4. The summed E-state index contributed by atoms with van der Waals surface area (Å²) in [4.78, 5) is 26.8. The Bertz CT molecular complexity index is 1070. The molecule has 1 aromatic heterocycles. The number of aryl methyl sites for hydroxylation is 1. The fraction of sp³-hybridized carbons (Fsp3) is 0.238. The van der Waals surface area contributed by atoms with Crippen LogP contribution in [-0.4, -0.2) is 45.3 Å². The van der Waals surface area contributed by atoms with Gasteiger partial charge in [0, 0.05) is 24.8 Å². The van der Waals surface area contributed by atoms with Crippen molar-refractivity contribution in [1.29, 1.82) is 0 Å². The molecule has 2 aromatic carbocycles. The fourth-order valence-electron chi connectivity index (χ4n) is 3.33. The van der Waals surface area contributed by atoms with Crippen LogP contribution in [0.1, 0.15) is 37.7 Å². The molecular weight excluding hydrogens is 354 g/mol. The highest BCUT2D eigenvalue weighted by Crippen LogP contribution is 2.23. The van der Waals surface area contributed by atoms with E-state index in [1.54, 1.807) is 29.6 Å². The number of anilines is 1. The molecule has 0 saturated carbocycles. The zero-order valence-corrected chi connectivity index (χ0v) is 16.1. The molecule has 1 aliphatic heterocycles. The van der Waals surface area contributed by atoms with Crippen LogP contribution in [0.4, 0.5) is 5.69 Å². The highest BCUT2D eigenvalue weighted by atomic mass is 16.2. The Morgan fingerprint density at radius 2 is 1.86 bits per heavy atom. The maximum absolute atomic E-state index is 12.7. The van der Waals surface area contributed by atoms with Gasteiger partial charge < -0.3 is 10.2 Å². The van der Waals surface area contributed by atoms with Crippen molar-refractivity contribution in [3.8, 4) is 5.69 Å². The van der Waals surface area contributed by atoms with Crippen LogP contribution in [0.5, 0.6) is 0 Å². The number of rotatable bonds is 3. The molecule has 4 rings (SSSR count). The summed E-state index contributed by atoms with van der Waals surface area (Å²) in [5, 5.41) is 11.0. The predicted molar refractivity (Wildman–Crippen MR) is 106 cm³/mol. The topological polar surface area (TPSA) is 80.1 Å². The molecule has 142 valence electrons. The minimum atomic E-state index is -0.354. The number of likely N-dealkylation sites (N-methyl/N-ethyl adjacent to an activating group) is 1. The van der Waals surface area contributed by atoms with Gasteiger partial charge in [0.1, 0.15) is 0 Å².